The van der Waals surface area contributed by atoms with E-state index in [1.165, 1.54) is 0 Å². The lowest BCUT2D eigenvalue weighted by Gasteiger charge is -2.61. The number of ketones is 1. The molecule has 0 aromatic heterocycles. The number of carbonyl (C=O) groups is 1. The Morgan fingerprint density at radius 2 is 2.11 bits per heavy atom. The van der Waals surface area contributed by atoms with Crippen molar-refractivity contribution in [3.63, 3.8) is 0 Å². The van der Waals surface area contributed by atoms with Crippen molar-refractivity contribution in [2.24, 2.45) is 23.2 Å². The molecule has 2 bridgehead atoms. The molecule has 2 aliphatic heterocycles. The topological polar surface area (TPSA) is 40.5 Å². The second-order valence-corrected chi connectivity index (χ2v) is 7.55. The van der Waals surface area contributed by atoms with Gasteiger partial charge in [0.1, 0.15) is 11.5 Å². The van der Waals surface area contributed by atoms with Crippen molar-refractivity contribution in [3.8, 4) is 0 Å². The van der Waals surface area contributed by atoms with Crippen molar-refractivity contribution in [2.45, 2.75) is 57.6 Å². The molecule has 19 heavy (non-hydrogen) atoms. The molecule has 4 unspecified atom stereocenters. The summed E-state index contributed by atoms with van der Waals surface area (Å²) >= 11 is 0. The SMILES string of the molecule is CC1C[C@H]2CC(=O)[C@H]3CCCN4CCCC23C4(O)C1. The number of hydrogen-bond donors (Lipinski definition) is 1. The first-order chi connectivity index (χ1) is 9.08. The Balaban J connectivity index is 1.90. The summed E-state index contributed by atoms with van der Waals surface area (Å²) in [7, 11) is 0. The molecule has 4 aliphatic rings. The minimum absolute atomic E-state index is 0.0919. The first-order valence-corrected chi connectivity index (χ1v) is 8.08. The van der Waals surface area contributed by atoms with Gasteiger partial charge in [0.2, 0.25) is 0 Å². The molecule has 3 nitrogen and oxygen atoms in total. The van der Waals surface area contributed by atoms with Crippen molar-refractivity contribution in [2.75, 3.05) is 13.1 Å². The van der Waals surface area contributed by atoms with Crippen LogP contribution in [0.5, 0.6) is 0 Å². The fourth-order valence-corrected chi connectivity index (χ4v) is 6.23. The van der Waals surface area contributed by atoms with Crippen LogP contribution in [0.1, 0.15) is 51.9 Å². The van der Waals surface area contributed by atoms with Crippen molar-refractivity contribution >= 4 is 5.78 Å². The molecule has 0 aromatic carbocycles. The molecular formula is C16H25NO2. The summed E-state index contributed by atoms with van der Waals surface area (Å²) in [4.78, 5) is 14.9. The summed E-state index contributed by atoms with van der Waals surface area (Å²) in [5.74, 6) is 1.61. The van der Waals surface area contributed by atoms with Crippen LogP contribution in [0.3, 0.4) is 0 Å². The molecule has 6 atom stereocenters. The molecule has 0 radical (unpaired) electrons. The van der Waals surface area contributed by atoms with E-state index in [1.807, 2.05) is 0 Å². The van der Waals surface area contributed by atoms with Gasteiger partial charge in [-0.3, -0.25) is 9.69 Å². The normalized spacial score (nSPS) is 56.6. The molecule has 2 saturated carbocycles. The molecule has 0 aromatic rings. The van der Waals surface area contributed by atoms with Crippen molar-refractivity contribution in [1.29, 1.82) is 0 Å². The van der Waals surface area contributed by atoms with Crippen molar-refractivity contribution < 1.29 is 9.90 Å². The Labute approximate surface area is 115 Å². The smallest absolute Gasteiger partial charge is 0.137 e. The van der Waals surface area contributed by atoms with Crippen LogP contribution >= 0.6 is 0 Å². The van der Waals surface area contributed by atoms with Crippen molar-refractivity contribution in [3.05, 3.63) is 0 Å². The molecule has 1 N–H and O–H groups in total. The molecule has 2 saturated heterocycles. The highest BCUT2D eigenvalue weighted by Crippen LogP contribution is 2.66. The lowest BCUT2D eigenvalue weighted by Crippen LogP contribution is -2.68. The first-order valence-electron chi connectivity index (χ1n) is 8.08. The van der Waals surface area contributed by atoms with E-state index in [-0.39, 0.29) is 11.3 Å². The predicted octanol–water partition coefficient (Wildman–Crippen LogP) is 2.19. The summed E-state index contributed by atoms with van der Waals surface area (Å²) < 4.78 is 0. The number of hydrogen-bond acceptors (Lipinski definition) is 3. The van der Waals surface area contributed by atoms with E-state index in [4.69, 9.17) is 0 Å². The highest BCUT2D eigenvalue weighted by Gasteiger charge is 2.69. The van der Waals surface area contributed by atoms with Gasteiger partial charge >= 0.3 is 0 Å². The number of nitrogens with zero attached hydrogens (tertiary/aromatic N) is 1. The Bertz CT molecular complexity index is 423. The molecule has 2 aliphatic carbocycles. The molecule has 106 valence electrons. The molecular weight excluding hydrogens is 238 g/mol. The van der Waals surface area contributed by atoms with Crippen LogP contribution in [0.4, 0.5) is 0 Å². The van der Waals surface area contributed by atoms with Gasteiger partial charge < -0.3 is 5.11 Å². The summed E-state index contributed by atoms with van der Waals surface area (Å²) in [5.41, 5.74) is -0.772. The average Bonchev–Trinajstić information content (AvgIpc) is 2.59. The van der Waals surface area contributed by atoms with E-state index in [1.54, 1.807) is 0 Å². The van der Waals surface area contributed by atoms with E-state index >= 15 is 0 Å². The Kier molecular flexibility index (Phi) is 2.48. The highest BCUT2D eigenvalue weighted by molar-refractivity contribution is 5.85. The number of aliphatic hydroxyl groups is 1. The second-order valence-electron chi connectivity index (χ2n) is 7.55. The third-order valence-electron chi connectivity index (χ3n) is 6.71. The van der Waals surface area contributed by atoms with Crippen LogP contribution in [0.2, 0.25) is 0 Å². The molecule has 2 heterocycles. The summed E-state index contributed by atoms with van der Waals surface area (Å²) in [5, 5.41) is 11.6. The van der Waals surface area contributed by atoms with Gasteiger partial charge in [-0.2, -0.15) is 0 Å². The standard InChI is InChI=1S/C16H25NO2/c1-11-8-12-9-14(18)13-4-2-6-17-7-3-5-15(12,13)16(17,19)10-11/h11-13,19H,2-10H2,1H3/t11?,12-,13+,15?,16?/m0/s1. The zero-order valence-electron chi connectivity index (χ0n) is 11.9. The van der Waals surface area contributed by atoms with Crippen LogP contribution in [0.25, 0.3) is 0 Å². The highest BCUT2D eigenvalue weighted by atomic mass is 16.3. The van der Waals surface area contributed by atoms with Crippen LogP contribution < -0.4 is 0 Å². The first kappa shape index (κ1) is 12.3. The van der Waals surface area contributed by atoms with Gasteiger partial charge in [0.25, 0.3) is 0 Å². The third kappa shape index (κ3) is 1.33. The van der Waals surface area contributed by atoms with Gasteiger partial charge in [-0.05, 0) is 50.4 Å². The average molecular weight is 263 g/mol. The molecule has 4 rings (SSSR count). The van der Waals surface area contributed by atoms with Crippen LogP contribution in [0.15, 0.2) is 0 Å². The number of carbonyl (C=O) groups excluding carboxylic acids is 1. The minimum atomic E-state index is -0.680. The molecule has 4 fully saturated rings. The maximum atomic E-state index is 12.5. The fraction of sp³-hybridized carbons (Fsp3) is 0.938. The van der Waals surface area contributed by atoms with E-state index in [9.17, 15) is 9.90 Å². The summed E-state index contributed by atoms with van der Waals surface area (Å²) in [6, 6.07) is 0. The fourth-order valence-electron chi connectivity index (χ4n) is 6.23. The van der Waals surface area contributed by atoms with E-state index < -0.39 is 5.72 Å². The number of rotatable bonds is 0. The lowest BCUT2D eigenvalue weighted by atomic mass is 9.53. The maximum absolute atomic E-state index is 12.5. The summed E-state index contributed by atoms with van der Waals surface area (Å²) in [6.45, 7) is 4.27. The third-order valence-corrected chi connectivity index (χ3v) is 6.71. The van der Waals surface area contributed by atoms with Crippen LogP contribution in [-0.4, -0.2) is 34.6 Å². The van der Waals surface area contributed by atoms with Gasteiger partial charge in [-0.25, -0.2) is 0 Å². The zero-order chi connectivity index (χ0) is 13.3. The Morgan fingerprint density at radius 3 is 2.95 bits per heavy atom. The van der Waals surface area contributed by atoms with Crippen LogP contribution in [0, 0.1) is 23.2 Å². The zero-order valence-corrected chi connectivity index (χ0v) is 11.9. The van der Waals surface area contributed by atoms with E-state index in [2.05, 4.69) is 11.8 Å². The van der Waals surface area contributed by atoms with Crippen molar-refractivity contribution in [1.82, 2.24) is 4.90 Å². The lowest BCUT2D eigenvalue weighted by molar-refractivity contribution is -0.264. The van der Waals surface area contributed by atoms with Crippen LogP contribution in [-0.2, 0) is 4.79 Å². The maximum Gasteiger partial charge on any atom is 0.137 e. The number of piperidine rings is 1. The largest absolute Gasteiger partial charge is 0.375 e. The molecule has 1 spiro atoms. The predicted molar refractivity (Wildman–Crippen MR) is 72.4 cm³/mol. The molecule has 3 heteroatoms. The minimum Gasteiger partial charge on any atom is -0.375 e. The molecule has 0 amide bonds. The Morgan fingerprint density at radius 1 is 1.32 bits per heavy atom. The Hall–Kier alpha value is -0.410. The van der Waals surface area contributed by atoms with Gasteiger partial charge in [0, 0.05) is 30.8 Å². The van der Waals surface area contributed by atoms with Gasteiger partial charge in [-0.1, -0.05) is 6.92 Å². The van der Waals surface area contributed by atoms with Gasteiger partial charge in [0.15, 0.2) is 0 Å². The van der Waals surface area contributed by atoms with Gasteiger partial charge in [-0.15, -0.1) is 0 Å². The van der Waals surface area contributed by atoms with Gasteiger partial charge in [0.05, 0.1) is 0 Å². The monoisotopic (exact) mass is 263 g/mol. The summed E-state index contributed by atoms with van der Waals surface area (Å²) in [6.07, 6.45) is 7.12. The second kappa shape index (κ2) is 3.82. The number of Topliss-reactive ketones (excluding diaryl/α,β-unsaturated/α-hetero) is 1. The van der Waals surface area contributed by atoms with E-state index in [0.29, 0.717) is 17.6 Å². The van der Waals surface area contributed by atoms with E-state index in [0.717, 1.165) is 58.0 Å². The quantitative estimate of drug-likeness (QED) is 0.728.